The van der Waals surface area contributed by atoms with Gasteiger partial charge < -0.3 is 15.2 Å². The molecule has 0 heterocycles. The number of carbonyl (C=O) groups is 3. The maximum Gasteiger partial charge on any atom is 0.411 e. The first kappa shape index (κ1) is 23.0. The molecule has 4 rings (SSSR count). The molecule has 1 atom stereocenters. The first-order chi connectivity index (χ1) is 16.3. The quantitative estimate of drug-likeness (QED) is 0.469. The number of benzene rings is 3. The van der Waals surface area contributed by atoms with Crippen molar-refractivity contribution < 1.29 is 28.6 Å². The lowest BCUT2D eigenvalue weighted by molar-refractivity contribution is -0.137. The second-order valence-corrected chi connectivity index (χ2v) is 8.12. The third-order valence-electron chi connectivity index (χ3n) is 5.66. The minimum Gasteiger partial charge on any atom is -0.481 e. The second-order valence-electron chi connectivity index (χ2n) is 8.12. The van der Waals surface area contributed by atoms with Crippen molar-refractivity contribution in [1.29, 1.82) is 0 Å². The molecule has 0 spiro atoms. The van der Waals surface area contributed by atoms with Crippen molar-refractivity contribution in [2.45, 2.75) is 25.3 Å². The maximum absolute atomic E-state index is 14.2. The Balaban J connectivity index is 1.42. The van der Waals surface area contributed by atoms with Gasteiger partial charge in [0.05, 0.1) is 12.0 Å². The van der Waals surface area contributed by atoms with E-state index in [1.165, 1.54) is 19.1 Å². The van der Waals surface area contributed by atoms with Crippen molar-refractivity contribution in [2.75, 3.05) is 11.9 Å². The molecule has 1 aliphatic carbocycles. The number of fused-ring (bicyclic) bond motifs is 3. The van der Waals surface area contributed by atoms with E-state index in [2.05, 4.69) is 10.6 Å². The molecule has 34 heavy (non-hydrogen) atoms. The zero-order chi connectivity index (χ0) is 24.2. The number of nitrogens with one attached hydrogen (secondary N) is 2. The van der Waals surface area contributed by atoms with Gasteiger partial charge in [0.1, 0.15) is 12.4 Å². The number of carbonyl (C=O) groups excluding carboxylic acids is 2. The Bertz CT molecular complexity index is 1210. The van der Waals surface area contributed by atoms with Crippen LogP contribution in [0.3, 0.4) is 0 Å². The summed E-state index contributed by atoms with van der Waals surface area (Å²) in [6, 6.07) is 18.8. The highest BCUT2D eigenvalue weighted by Crippen LogP contribution is 2.44. The number of carboxylic acid groups (broad SMARTS) is 1. The molecule has 0 bridgehead atoms. The minimum absolute atomic E-state index is 0.108. The van der Waals surface area contributed by atoms with E-state index in [1.807, 2.05) is 48.5 Å². The molecule has 0 fully saturated rings. The predicted octanol–water partition coefficient (Wildman–Crippen LogP) is 4.78. The SMILES string of the molecule is C[C@@H](CC(=O)O)NC(=O)c1cc(NC(=O)OCC2c3ccccc3-c3ccccc32)ccc1F. The van der Waals surface area contributed by atoms with Crippen LogP contribution in [-0.4, -0.2) is 35.7 Å². The molecule has 0 aliphatic heterocycles. The van der Waals surface area contributed by atoms with Crippen LogP contribution in [0.15, 0.2) is 66.7 Å². The highest BCUT2D eigenvalue weighted by atomic mass is 19.1. The molecule has 0 radical (unpaired) electrons. The molecule has 8 heteroatoms. The maximum atomic E-state index is 14.2. The lowest BCUT2D eigenvalue weighted by Gasteiger charge is -2.15. The lowest BCUT2D eigenvalue weighted by Crippen LogP contribution is -2.34. The van der Waals surface area contributed by atoms with Gasteiger partial charge in [-0.05, 0) is 47.4 Å². The number of hydrogen-bond acceptors (Lipinski definition) is 4. The van der Waals surface area contributed by atoms with Crippen molar-refractivity contribution in [3.05, 3.63) is 89.2 Å². The van der Waals surface area contributed by atoms with Crippen molar-refractivity contribution in [3.63, 3.8) is 0 Å². The minimum atomic E-state index is -1.08. The Morgan fingerprint density at radius 1 is 1.00 bits per heavy atom. The van der Waals surface area contributed by atoms with E-state index in [0.29, 0.717) is 0 Å². The molecule has 0 unspecified atom stereocenters. The zero-order valence-corrected chi connectivity index (χ0v) is 18.4. The summed E-state index contributed by atoms with van der Waals surface area (Å²) in [7, 11) is 0. The molecule has 0 saturated carbocycles. The van der Waals surface area contributed by atoms with E-state index in [4.69, 9.17) is 9.84 Å². The molecule has 0 aromatic heterocycles. The largest absolute Gasteiger partial charge is 0.481 e. The van der Waals surface area contributed by atoms with Gasteiger partial charge in [-0.15, -0.1) is 0 Å². The van der Waals surface area contributed by atoms with Crippen LogP contribution in [0.5, 0.6) is 0 Å². The Labute approximate surface area is 195 Å². The molecule has 1 aliphatic rings. The molecule has 2 amide bonds. The van der Waals surface area contributed by atoms with Gasteiger partial charge in [-0.3, -0.25) is 14.9 Å². The van der Waals surface area contributed by atoms with Crippen molar-refractivity contribution in [1.82, 2.24) is 5.32 Å². The molecule has 3 aromatic rings. The highest BCUT2D eigenvalue weighted by Gasteiger charge is 2.29. The first-order valence-corrected chi connectivity index (χ1v) is 10.8. The number of ether oxygens (including phenoxy) is 1. The van der Waals surface area contributed by atoms with Gasteiger partial charge in [0.2, 0.25) is 0 Å². The molecule has 174 valence electrons. The second kappa shape index (κ2) is 9.74. The van der Waals surface area contributed by atoms with Crippen LogP contribution in [0.2, 0.25) is 0 Å². The number of anilines is 1. The van der Waals surface area contributed by atoms with E-state index in [0.717, 1.165) is 28.3 Å². The van der Waals surface area contributed by atoms with Gasteiger partial charge in [-0.1, -0.05) is 48.5 Å². The molecule has 3 N–H and O–H groups in total. The molecular weight excluding hydrogens is 439 g/mol. The summed E-state index contributed by atoms with van der Waals surface area (Å²) < 4.78 is 19.7. The number of rotatable bonds is 7. The fourth-order valence-electron chi connectivity index (χ4n) is 4.14. The van der Waals surface area contributed by atoms with Gasteiger partial charge in [0.25, 0.3) is 5.91 Å². The van der Waals surface area contributed by atoms with Crippen LogP contribution in [0.25, 0.3) is 11.1 Å². The summed E-state index contributed by atoms with van der Waals surface area (Å²) in [4.78, 5) is 35.6. The highest BCUT2D eigenvalue weighted by molar-refractivity contribution is 5.97. The van der Waals surface area contributed by atoms with E-state index in [1.54, 1.807) is 0 Å². The monoisotopic (exact) mass is 462 g/mol. The fourth-order valence-corrected chi connectivity index (χ4v) is 4.14. The van der Waals surface area contributed by atoms with Gasteiger partial charge in [-0.2, -0.15) is 0 Å². The average Bonchev–Trinajstić information content (AvgIpc) is 3.12. The van der Waals surface area contributed by atoms with Crippen LogP contribution < -0.4 is 10.6 Å². The third-order valence-corrected chi connectivity index (χ3v) is 5.66. The summed E-state index contributed by atoms with van der Waals surface area (Å²) >= 11 is 0. The van der Waals surface area contributed by atoms with Gasteiger partial charge in [-0.25, -0.2) is 9.18 Å². The van der Waals surface area contributed by atoms with Crippen LogP contribution in [0.4, 0.5) is 14.9 Å². The fraction of sp³-hybridized carbons (Fsp3) is 0.192. The molecule has 3 aromatic carbocycles. The molecule has 7 nitrogen and oxygen atoms in total. The average molecular weight is 462 g/mol. The number of amides is 2. The predicted molar refractivity (Wildman–Crippen MR) is 124 cm³/mol. The first-order valence-electron chi connectivity index (χ1n) is 10.8. The zero-order valence-electron chi connectivity index (χ0n) is 18.4. The summed E-state index contributed by atoms with van der Waals surface area (Å²) in [5, 5.41) is 13.8. The smallest absolute Gasteiger partial charge is 0.411 e. The lowest BCUT2D eigenvalue weighted by atomic mass is 9.98. The van der Waals surface area contributed by atoms with Crippen LogP contribution >= 0.6 is 0 Å². The van der Waals surface area contributed by atoms with Gasteiger partial charge in [0.15, 0.2) is 0 Å². The number of aliphatic carboxylic acids is 1. The standard InChI is InChI=1S/C26H23FN2O5/c1-15(12-24(30)31)28-25(32)21-13-16(10-11-23(21)27)29-26(33)34-14-22-19-8-4-2-6-17(19)18-7-3-5-9-20(18)22/h2-11,13,15,22H,12,14H2,1H3,(H,28,32)(H,29,33)(H,30,31)/t15-/m0/s1. The summed E-state index contributed by atoms with van der Waals surface area (Å²) in [5.41, 5.74) is 4.24. The normalized spacial score (nSPS) is 12.9. The Morgan fingerprint density at radius 3 is 2.24 bits per heavy atom. The topological polar surface area (TPSA) is 105 Å². The van der Waals surface area contributed by atoms with E-state index >= 15 is 0 Å². The van der Waals surface area contributed by atoms with E-state index in [9.17, 15) is 18.8 Å². The van der Waals surface area contributed by atoms with Crippen molar-refractivity contribution >= 4 is 23.7 Å². The van der Waals surface area contributed by atoms with Gasteiger partial charge in [0, 0.05) is 17.6 Å². The molecular formula is C26H23FN2O5. The third kappa shape index (κ3) is 4.91. The van der Waals surface area contributed by atoms with Crippen molar-refractivity contribution in [3.8, 4) is 11.1 Å². The Morgan fingerprint density at radius 2 is 1.62 bits per heavy atom. The van der Waals surface area contributed by atoms with Crippen molar-refractivity contribution in [2.24, 2.45) is 0 Å². The summed E-state index contributed by atoms with van der Waals surface area (Å²) in [6.45, 7) is 1.61. The Kier molecular flexibility index (Phi) is 6.58. The number of halogens is 1. The van der Waals surface area contributed by atoms with E-state index < -0.39 is 29.8 Å². The van der Waals surface area contributed by atoms with Gasteiger partial charge >= 0.3 is 12.1 Å². The van der Waals surface area contributed by atoms with Crippen LogP contribution in [0, 0.1) is 5.82 Å². The van der Waals surface area contributed by atoms with E-state index in [-0.39, 0.29) is 30.2 Å². The molecule has 0 saturated heterocycles. The summed E-state index contributed by atoms with van der Waals surface area (Å²) in [5.74, 6) is -2.76. The van der Waals surface area contributed by atoms with Crippen LogP contribution in [0.1, 0.15) is 40.7 Å². The number of hydrogen-bond donors (Lipinski definition) is 3. The Hall–Kier alpha value is -4.20. The van der Waals surface area contributed by atoms with Crippen LogP contribution in [-0.2, 0) is 9.53 Å². The summed E-state index contributed by atoms with van der Waals surface area (Å²) in [6.07, 6.45) is -1.04. The number of carboxylic acids is 1.